The molecule has 0 aliphatic rings. The molecule has 398 valence electrons. The van der Waals surface area contributed by atoms with E-state index in [1.165, 1.54) is 48.5 Å². The number of carbonyl (C=O) groups excluding carboxylic acids is 7. The first-order valence-electron chi connectivity index (χ1n) is 22.9. The molecule has 75 heavy (non-hydrogen) atoms. The fourth-order valence-electron chi connectivity index (χ4n) is 7.22. The summed E-state index contributed by atoms with van der Waals surface area (Å²) in [6.07, 6.45) is -4.05. The number of carboxylic acids is 4. The number of carboxylic acid groups (broad SMARTS) is 4. The van der Waals surface area contributed by atoms with Crippen molar-refractivity contribution >= 4 is 65.2 Å². The van der Waals surface area contributed by atoms with Crippen LogP contribution in [0.1, 0.15) is 41.5 Å². The van der Waals surface area contributed by atoms with Crippen LogP contribution in [0.4, 0.5) is 0 Å². The van der Waals surface area contributed by atoms with E-state index in [1.54, 1.807) is 60.7 Å². The highest BCUT2D eigenvalue weighted by atomic mass is 16.4. The van der Waals surface area contributed by atoms with Gasteiger partial charge in [0.05, 0.1) is 31.8 Å². The van der Waals surface area contributed by atoms with Crippen molar-refractivity contribution in [2.24, 2.45) is 5.73 Å². The molecule has 4 aromatic rings. The summed E-state index contributed by atoms with van der Waals surface area (Å²) < 4.78 is 0. The summed E-state index contributed by atoms with van der Waals surface area (Å²) in [6, 6.07) is 15.2. The van der Waals surface area contributed by atoms with Crippen molar-refractivity contribution in [3.05, 3.63) is 131 Å². The summed E-state index contributed by atoms with van der Waals surface area (Å²) in [5.41, 5.74) is 7.82. The lowest BCUT2D eigenvalue weighted by molar-refractivity contribution is -0.144. The number of benzene rings is 4. The molecule has 0 aromatic heterocycles. The summed E-state index contributed by atoms with van der Waals surface area (Å²) in [5, 5.41) is 73.7. The van der Waals surface area contributed by atoms with E-state index in [1.807, 2.05) is 0 Å². The molecule has 0 saturated carbocycles. The zero-order chi connectivity index (χ0) is 55.2. The van der Waals surface area contributed by atoms with Crippen LogP contribution in [0.3, 0.4) is 0 Å². The molecule has 4 aromatic carbocycles. The van der Waals surface area contributed by atoms with E-state index < -0.39 is 133 Å². The molecule has 4 rings (SSSR count). The lowest BCUT2D eigenvalue weighted by atomic mass is 10.0. The average molecular weight is 1040 g/mol. The van der Waals surface area contributed by atoms with Crippen LogP contribution in [-0.4, -0.2) is 145 Å². The SMILES string of the molecule is N[C@@H](Cc1ccc(O)cc1)C(=O)N[C@@H](CC(=O)O)C(=O)N[C@@H](Cc1ccccc1)C(=O)N[C@@H](CC(=O)O)C(=O)NCC(=O)N[C@@H](Cc1ccccc1)C(=O)N[C@@H](CC(=O)O)C(=O)N[C@@H](Cc1ccc(O)cc1)C(=O)O. The lowest BCUT2D eigenvalue weighted by Crippen LogP contribution is -2.59. The molecule has 0 heterocycles. The number of rotatable bonds is 29. The molecular formula is C50H56N8O17. The fraction of sp³-hybridized carbons (Fsp3) is 0.300. The van der Waals surface area contributed by atoms with Gasteiger partial charge in [-0.05, 0) is 52.9 Å². The quantitative estimate of drug-likeness (QED) is 0.0286. The minimum atomic E-state index is -1.94. The summed E-state index contributed by atoms with van der Waals surface area (Å²) in [7, 11) is 0. The van der Waals surface area contributed by atoms with Crippen molar-refractivity contribution in [3.63, 3.8) is 0 Å². The van der Waals surface area contributed by atoms with Crippen LogP contribution >= 0.6 is 0 Å². The highest BCUT2D eigenvalue weighted by Gasteiger charge is 2.34. The molecular weight excluding hydrogens is 985 g/mol. The normalized spacial score (nSPS) is 13.6. The number of nitrogens with two attached hydrogens (primary N) is 1. The van der Waals surface area contributed by atoms with Gasteiger partial charge in [0.15, 0.2) is 0 Å². The predicted molar refractivity (Wildman–Crippen MR) is 261 cm³/mol. The minimum Gasteiger partial charge on any atom is -0.508 e. The third-order valence-corrected chi connectivity index (χ3v) is 11.0. The molecule has 0 aliphatic heterocycles. The summed E-state index contributed by atoms with van der Waals surface area (Å²) in [6.45, 7) is -0.963. The van der Waals surface area contributed by atoms with Gasteiger partial charge in [0, 0.05) is 19.3 Å². The Morgan fingerprint density at radius 3 is 1.11 bits per heavy atom. The van der Waals surface area contributed by atoms with Crippen molar-refractivity contribution in [3.8, 4) is 11.5 Å². The molecule has 0 saturated heterocycles. The molecule has 7 atom stereocenters. The van der Waals surface area contributed by atoms with Gasteiger partial charge in [0.2, 0.25) is 41.4 Å². The van der Waals surface area contributed by atoms with Gasteiger partial charge in [-0.1, -0.05) is 84.9 Å². The van der Waals surface area contributed by atoms with Crippen molar-refractivity contribution in [2.45, 2.75) is 87.2 Å². The van der Waals surface area contributed by atoms with Crippen molar-refractivity contribution in [1.82, 2.24) is 37.2 Å². The largest absolute Gasteiger partial charge is 0.508 e. The van der Waals surface area contributed by atoms with Gasteiger partial charge in [-0.25, -0.2) is 4.79 Å². The monoisotopic (exact) mass is 1040 g/mol. The Bertz CT molecular complexity index is 2670. The van der Waals surface area contributed by atoms with E-state index in [0.29, 0.717) is 22.3 Å². The molecule has 0 spiro atoms. The Morgan fingerprint density at radius 1 is 0.373 bits per heavy atom. The maximum Gasteiger partial charge on any atom is 0.326 e. The number of phenolic OH excluding ortho intramolecular Hbond substituents is 2. The van der Waals surface area contributed by atoms with E-state index in [-0.39, 0.29) is 37.2 Å². The van der Waals surface area contributed by atoms with Gasteiger partial charge in [-0.3, -0.25) is 47.9 Å². The first-order chi connectivity index (χ1) is 35.6. The van der Waals surface area contributed by atoms with Crippen LogP contribution in [0, 0.1) is 0 Å². The lowest BCUT2D eigenvalue weighted by Gasteiger charge is -2.25. The van der Waals surface area contributed by atoms with Crippen LogP contribution in [-0.2, 0) is 78.4 Å². The van der Waals surface area contributed by atoms with Gasteiger partial charge in [-0.15, -0.1) is 0 Å². The van der Waals surface area contributed by atoms with Gasteiger partial charge in [0.1, 0.15) is 47.8 Å². The highest BCUT2D eigenvalue weighted by molar-refractivity contribution is 5.99. The summed E-state index contributed by atoms with van der Waals surface area (Å²) in [5.74, 6) is -14.3. The molecule has 0 bridgehead atoms. The third kappa shape index (κ3) is 20.3. The van der Waals surface area contributed by atoms with E-state index in [2.05, 4.69) is 37.2 Å². The second kappa shape index (κ2) is 28.6. The van der Waals surface area contributed by atoms with Crippen LogP contribution in [0.2, 0.25) is 0 Å². The molecule has 0 aliphatic carbocycles. The smallest absolute Gasteiger partial charge is 0.326 e. The maximum absolute atomic E-state index is 13.9. The number of aromatic hydroxyl groups is 2. The average Bonchev–Trinajstić information content (AvgIpc) is 3.35. The van der Waals surface area contributed by atoms with Crippen molar-refractivity contribution < 1.29 is 83.4 Å². The van der Waals surface area contributed by atoms with Crippen LogP contribution < -0.4 is 43.0 Å². The Kier molecular flexibility index (Phi) is 22.2. The third-order valence-electron chi connectivity index (χ3n) is 11.0. The van der Waals surface area contributed by atoms with E-state index in [4.69, 9.17) is 5.73 Å². The molecule has 25 nitrogen and oxygen atoms in total. The fourth-order valence-corrected chi connectivity index (χ4v) is 7.22. The number of hydrogen-bond donors (Lipinski definition) is 14. The number of aliphatic carboxylic acids is 4. The Labute approximate surface area is 427 Å². The molecule has 0 unspecified atom stereocenters. The van der Waals surface area contributed by atoms with Crippen molar-refractivity contribution in [1.29, 1.82) is 0 Å². The zero-order valence-corrected chi connectivity index (χ0v) is 39.8. The first-order valence-corrected chi connectivity index (χ1v) is 22.9. The molecule has 15 N–H and O–H groups in total. The van der Waals surface area contributed by atoms with Gasteiger partial charge in [0.25, 0.3) is 0 Å². The van der Waals surface area contributed by atoms with Crippen molar-refractivity contribution in [2.75, 3.05) is 6.54 Å². The Morgan fingerprint density at radius 2 is 0.693 bits per heavy atom. The van der Waals surface area contributed by atoms with E-state index >= 15 is 0 Å². The van der Waals surface area contributed by atoms with E-state index in [9.17, 15) is 83.4 Å². The summed E-state index contributed by atoms with van der Waals surface area (Å²) in [4.78, 5) is 143. The molecule has 7 amide bonds. The highest BCUT2D eigenvalue weighted by Crippen LogP contribution is 2.14. The van der Waals surface area contributed by atoms with Crippen LogP contribution in [0.25, 0.3) is 0 Å². The molecule has 25 heteroatoms. The molecule has 0 radical (unpaired) electrons. The van der Waals surface area contributed by atoms with Gasteiger partial charge < -0.3 is 73.6 Å². The summed E-state index contributed by atoms with van der Waals surface area (Å²) >= 11 is 0. The number of nitrogens with one attached hydrogen (secondary N) is 7. The Hall–Kier alpha value is -9.39. The Balaban J connectivity index is 1.49. The van der Waals surface area contributed by atoms with Crippen LogP contribution in [0.5, 0.6) is 11.5 Å². The second-order valence-electron chi connectivity index (χ2n) is 17.0. The number of phenols is 2. The van der Waals surface area contributed by atoms with Gasteiger partial charge >= 0.3 is 23.9 Å². The van der Waals surface area contributed by atoms with Gasteiger partial charge in [-0.2, -0.15) is 0 Å². The van der Waals surface area contributed by atoms with Crippen LogP contribution in [0.15, 0.2) is 109 Å². The van der Waals surface area contributed by atoms with E-state index in [0.717, 1.165) is 0 Å². The maximum atomic E-state index is 13.9. The molecule has 0 fully saturated rings. The standard InChI is InChI=1S/C50H56N8O17/c51-33(19-29-11-15-31(59)16-12-29)44(68)54-37(24-42(64)65)48(72)55-35(21-28-9-5-2-6-10-28)47(71)56-36(23-41(62)63)45(69)52-26-40(61)53-34(20-27-7-3-1-4-8-27)46(70)57-38(25-43(66)67)49(73)58-39(50(74)75)22-30-13-17-32(60)18-14-30/h1-18,33-39,59-60H,19-26,51H2,(H,52,69)(H,53,61)(H,54,68)(H,55,72)(H,56,71)(H,57,70)(H,58,73)(H,62,63)(H,64,65)(H,66,67)(H,74,75)/t33-,34-,35-,36-,37-,38-,39-/m0/s1. The minimum absolute atomic E-state index is 0.0476. The zero-order valence-electron chi connectivity index (χ0n) is 39.8. The topological polar surface area (TPSA) is 419 Å². The first kappa shape index (κ1) is 58.2. The number of carbonyl (C=O) groups is 11. The number of amides is 7. The number of hydrogen-bond acceptors (Lipinski definition) is 14. The predicted octanol–water partition coefficient (Wildman–Crippen LogP) is -1.77. The second-order valence-corrected chi connectivity index (χ2v) is 17.0.